The summed E-state index contributed by atoms with van der Waals surface area (Å²) in [4.78, 5) is 38.1. The molecule has 1 aromatic carbocycles. The maximum absolute atomic E-state index is 13.5. The number of aromatic nitrogens is 1. The number of nitrogens with zero attached hydrogens (tertiary/aromatic N) is 2. The quantitative estimate of drug-likeness (QED) is 0.723. The molecule has 8 nitrogen and oxygen atoms in total. The number of pyridine rings is 1. The largest absolute Gasteiger partial charge is 0.416 e. The number of morpholine rings is 1. The molecule has 2 aliphatic heterocycles. The second kappa shape index (κ2) is 6.62. The first-order chi connectivity index (χ1) is 13.7. The van der Waals surface area contributed by atoms with Gasteiger partial charge < -0.3 is 15.4 Å². The summed E-state index contributed by atoms with van der Waals surface area (Å²) in [6.07, 6.45) is -4.67. The Bertz CT molecular complexity index is 1090. The third-order valence-corrected chi connectivity index (χ3v) is 4.82. The molecule has 1 saturated heterocycles. The number of anilines is 2. The molecule has 0 bridgehead atoms. The molecular formula is C18H15F3N4O4. The molecule has 3 heterocycles. The molecule has 1 fully saturated rings. The fourth-order valence-electron chi connectivity index (χ4n) is 3.44. The number of amides is 2. The van der Waals surface area contributed by atoms with Crippen molar-refractivity contribution in [3.63, 3.8) is 0 Å². The number of carbonyl (C=O) groups excluding carboxylic acids is 2. The van der Waals surface area contributed by atoms with Crippen molar-refractivity contribution in [2.24, 2.45) is 0 Å². The lowest BCUT2D eigenvalue weighted by Gasteiger charge is -2.30. The Hall–Kier alpha value is -3.34. The summed E-state index contributed by atoms with van der Waals surface area (Å²) >= 11 is 0. The van der Waals surface area contributed by atoms with Crippen LogP contribution in [0, 0.1) is 0 Å². The summed E-state index contributed by atoms with van der Waals surface area (Å²) in [6, 6.07) is 4.04. The van der Waals surface area contributed by atoms with Crippen molar-refractivity contribution in [3.05, 3.63) is 51.3 Å². The summed E-state index contributed by atoms with van der Waals surface area (Å²) in [6.45, 7) is 1.47. The average molecular weight is 408 g/mol. The van der Waals surface area contributed by atoms with Crippen molar-refractivity contribution >= 4 is 23.3 Å². The highest BCUT2D eigenvalue weighted by Crippen LogP contribution is 2.35. The van der Waals surface area contributed by atoms with E-state index in [0.29, 0.717) is 26.3 Å². The van der Waals surface area contributed by atoms with Crippen molar-refractivity contribution in [1.82, 2.24) is 9.88 Å². The highest BCUT2D eigenvalue weighted by molar-refractivity contribution is 6.23. The van der Waals surface area contributed by atoms with E-state index in [0.717, 1.165) is 22.8 Å². The zero-order valence-corrected chi connectivity index (χ0v) is 14.9. The maximum Gasteiger partial charge on any atom is 0.416 e. The highest BCUT2D eigenvalue weighted by atomic mass is 19.4. The van der Waals surface area contributed by atoms with Gasteiger partial charge in [-0.1, -0.05) is 0 Å². The number of hydrogen-bond acceptors (Lipinski definition) is 6. The van der Waals surface area contributed by atoms with Crippen LogP contribution in [0.5, 0.6) is 0 Å². The first kappa shape index (κ1) is 19.0. The molecule has 2 aliphatic rings. The van der Waals surface area contributed by atoms with Gasteiger partial charge in [-0.3, -0.25) is 24.3 Å². The number of ether oxygens (including phenoxy) is 1. The lowest BCUT2D eigenvalue weighted by atomic mass is 10.1. The van der Waals surface area contributed by atoms with Gasteiger partial charge in [0.1, 0.15) is 5.82 Å². The van der Waals surface area contributed by atoms with Crippen molar-refractivity contribution < 1.29 is 27.5 Å². The SMILES string of the molecule is Nc1c2c(cc(=O)n1-c1cc(N3CCOCC3)cc(C(F)(F)F)c1)C(=O)NC2=O. The Morgan fingerprint density at radius 2 is 1.62 bits per heavy atom. The van der Waals surface area contributed by atoms with Gasteiger partial charge in [0.2, 0.25) is 0 Å². The van der Waals surface area contributed by atoms with Gasteiger partial charge in [0.25, 0.3) is 17.4 Å². The lowest BCUT2D eigenvalue weighted by Crippen LogP contribution is -2.36. The van der Waals surface area contributed by atoms with E-state index in [4.69, 9.17) is 10.5 Å². The number of halogens is 3. The lowest BCUT2D eigenvalue weighted by molar-refractivity contribution is -0.137. The molecule has 0 saturated carbocycles. The van der Waals surface area contributed by atoms with E-state index in [2.05, 4.69) is 0 Å². The Balaban J connectivity index is 1.93. The number of carbonyl (C=O) groups is 2. The Morgan fingerprint density at radius 1 is 0.966 bits per heavy atom. The Kier molecular flexibility index (Phi) is 4.34. The van der Waals surface area contributed by atoms with Crippen LogP contribution in [0.4, 0.5) is 24.7 Å². The average Bonchev–Trinajstić information content (AvgIpc) is 2.95. The van der Waals surface area contributed by atoms with Gasteiger partial charge in [-0.25, -0.2) is 0 Å². The number of fused-ring (bicyclic) bond motifs is 1. The highest BCUT2D eigenvalue weighted by Gasteiger charge is 2.34. The number of hydrogen-bond donors (Lipinski definition) is 2. The molecule has 2 aromatic rings. The van der Waals surface area contributed by atoms with Crippen LogP contribution in [0.15, 0.2) is 29.1 Å². The van der Waals surface area contributed by atoms with E-state index >= 15 is 0 Å². The van der Waals surface area contributed by atoms with Gasteiger partial charge in [0.15, 0.2) is 0 Å². The summed E-state index contributed by atoms with van der Waals surface area (Å²) < 4.78 is 46.5. The van der Waals surface area contributed by atoms with E-state index in [1.165, 1.54) is 6.07 Å². The predicted octanol–water partition coefficient (Wildman–Crippen LogP) is 1.16. The van der Waals surface area contributed by atoms with Crippen molar-refractivity contribution in [3.8, 4) is 5.69 Å². The predicted molar refractivity (Wildman–Crippen MR) is 96.3 cm³/mol. The van der Waals surface area contributed by atoms with Gasteiger partial charge >= 0.3 is 6.18 Å². The van der Waals surface area contributed by atoms with Crippen LogP contribution in [-0.4, -0.2) is 42.7 Å². The molecule has 0 radical (unpaired) electrons. The Labute approximate surface area is 161 Å². The Morgan fingerprint density at radius 3 is 2.28 bits per heavy atom. The van der Waals surface area contributed by atoms with E-state index in [-0.39, 0.29) is 22.5 Å². The molecule has 11 heteroatoms. The minimum atomic E-state index is -4.67. The number of nitrogens with two attached hydrogens (primary N) is 1. The molecular weight excluding hydrogens is 393 g/mol. The van der Waals surface area contributed by atoms with Crippen molar-refractivity contribution in [2.45, 2.75) is 6.18 Å². The minimum absolute atomic E-state index is 0.154. The van der Waals surface area contributed by atoms with E-state index in [1.807, 2.05) is 5.32 Å². The molecule has 4 rings (SSSR count). The zero-order valence-electron chi connectivity index (χ0n) is 14.9. The molecule has 1 aromatic heterocycles. The fraction of sp³-hybridized carbons (Fsp3) is 0.278. The molecule has 0 atom stereocenters. The van der Waals surface area contributed by atoms with Crippen LogP contribution in [-0.2, 0) is 10.9 Å². The number of benzene rings is 1. The molecule has 152 valence electrons. The van der Waals surface area contributed by atoms with Crippen LogP contribution < -0.4 is 21.5 Å². The minimum Gasteiger partial charge on any atom is -0.384 e. The normalized spacial score (nSPS) is 16.7. The summed E-state index contributed by atoms with van der Waals surface area (Å²) in [5.41, 5.74) is 3.80. The second-order valence-electron chi connectivity index (χ2n) is 6.61. The van der Waals surface area contributed by atoms with Crippen molar-refractivity contribution in [1.29, 1.82) is 0 Å². The first-order valence-electron chi connectivity index (χ1n) is 8.63. The maximum atomic E-state index is 13.5. The molecule has 29 heavy (non-hydrogen) atoms. The topological polar surface area (TPSA) is 107 Å². The van der Waals surface area contributed by atoms with Crippen molar-refractivity contribution in [2.75, 3.05) is 36.9 Å². The molecule has 2 amide bonds. The third kappa shape index (κ3) is 3.23. The fourth-order valence-corrected chi connectivity index (χ4v) is 3.44. The van der Waals surface area contributed by atoms with Crippen LogP contribution in [0.1, 0.15) is 26.3 Å². The summed E-state index contributed by atoms with van der Waals surface area (Å²) in [5, 5.41) is 2.02. The standard InChI is InChI=1S/C18H15F3N4O4/c19-18(20,21)9-5-10(24-1-3-29-4-2-24)7-11(6-9)25-13(26)8-12-14(15(25)22)17(28)23-16(12)27/h5-8H,1-4,22H2,(H,23,27,28). The summed E-state index contributed by atoms with van der Waals surface area (Å²) in [7, 11) is 0. The number of alkyl halides is 3. The monoisotopic (exact) mass is 408 g/mol. The number of nitrogens with one attached hydrogen (secondary N) is 1. The molecule has 3 N–H and O–H groups in total. The number of rotatable bonds is 2. The van der Waals surface area contributed by atoms with Crippen LogP contribution in [0.25, 0.3) is 5.69 Å². The summed E-state index contributed by atoms with van der Waals surface area (Å²) in [5.74, 6) is -1.99. The van der Waals surface area contributed by atoms with Crippen LogP contribution in [0.2, 0.25) is 0 Å². The van der Waals surface area contributed by atoms with Gasteiger partial charge in [-0.2, -0.15) is 13.2 Å². The zero-order chi connectivity index (χ0) is 20.9. The number of nitrogen functional groups attached to an aromatic ring is 1. The first-order valence-corrected chi connectivity index (χ1v) is 8.63. The smallest absolute Gasteiger partial charge is 0.384 e. The second-order valence-corrected chi connectivity index (χ2v) is 6.61. The molecule has 0 unspecified atom stereocenters. The van der Waals surface area contributed by atoms with Gasteiger partial charge in [-0.05, 0) is 18.2 Å². The van der Waals surface area contributed by atoms with Gasteiger partial charge in [0, 0.05) is 24.8 Å². The van der Waals surface area contributed by atoms with E-state index in [1.54, 1.807) is 4.90 Å². The van der Waals surface area contributed by atoms with Gasteiger partial charge in [0.05, 0.1) is 35.6 Å². The third-order valence-electron chi connectivity index (χ3n) is 4.82. The van der Waals surface area contributed by atoms with E-state index in [9.17, 15) is 27.6 Å². The molecule has 0 spiro atoms. The molecule has 0 aliphatic carbocycles. The van der Waals surface area contributed by atoms with Crippen LogP contribution in [0.3, 0.4) is 0 Å². The van der Waals surface area contributed by atoms with Gasteiger partial charge in [-0.15, -0.1) is 0 Å². The van der Waals surface area contributed by atoms with E-state index < -0.39 is 34.9 Å². The number of imide groups is 1. The van der Waals surface area contributed by atoms with Crippen LogP contribution >= 0.6 is 0 Å².